The maximum atomic E-state index is 11.7. The second kappa shape index (κ2) is 5.57. The average molecular weight is 277 g/mol. The first-order valence-corrected chi connectivity index (χ1v) is 6.13. The van der Waals surface area contributed by atoms with Crippen LogP contribution in [0.2, 0.25) is 0 Å². The number of methoxy groups -OCH3 is 1. The van der Waals surface area contributed by atoms with Crippen molar-refractivity contribution in [3.63, 3.8) is 0 Å². The van der Waals surface area contributed by atoms with Crippen LogP contribution in [0.15, 0.2) is 45.3 Å². The second-order valence-corrected chi connectivity index (χ2v) is 4.56. The smallest absolute Gasteiger partial charge is 0.339 e. The van der Waals surface area contributed by atoms with Gasteiger partial charge in [0.25, 0.3) is 5.56 Å². The van der Waals surface area contributed by atoms with Crippen LogP contribution in [0, 0.1) is 0 Å². The van der Waals surface area contributed by atoms with E-state index in [4.69, 9.17) is 10.5 Å². The van der Waals surface area contributed by atoms with Gasteiger partial charge >= 0.3 is 5.97 Å². The van der Waals surface area contributed by atoms with Gasteiger partial charge in [-0.05, 0) is 23.9 Å². The molecule has 2 aromatic rings. The maximum absolute atomic E-state index is 11.7. The summed E-state index contributed by atoms with van der Waals surface area (Å²) in [6, 6.07) is 6.23. The summed E-state index contributed by atoms with van der Waals surface area (Å²) in [5.41, 5.74) is 6.33. The van der Waals surface area contributed by atoms with Gasteiger partial charge in [0, 0.05) is 18.0 Å². The Balaban J connectivity index is 2.44. The number of carbonyl (C=O) groups is 1. The van der Waals surface area contributed by atoms with Gasteiger partial charge in [-0.1, -0.05) is 6.07 Å². The highest BCUT2D eigenvalue weighted by Crippen LogP contribution is 2.32. The van der Waals surface area contributed by atoms with Crippen LogP contribution in [0.3, 0.4) is 0 Å². The molecule has 1 heterocycles. The number of benzene rings is 1. The summed E-state index contributed by atoms with van der Waals surface area (Å²) >= 11 is 1.11. The van der Waals surface area contributed by atoms with Crippen molar-refractivity contribution in [3.8, 4) is 0 Å². The van der Waals surface area contributed by atoms with Crippen molar-refractivity contribution in [2.45, 2.75) is 10.1 Å². The number of ether oxygens (including phenoxy) is 1. The molecular weight excluding hydrogens is 266 g/mol. The molecule has 0 aliphatic carbocycles. The number of anilines is 1. The summed E-state index contributed by atoms with van der Waals surface area (Å²) in [6.07, 6.45) is 1.39. The first-order valence-electron chi connectivity index (χ1n) is 5.32. The number of rotatable bonds is 3. The van der Waals surface area contributed by atoms with Crippen LogP contribution in [-0.2, 0) is 4.74 Å². The number of hydrogen-bond donors (Lipinski definition) is 2. The zero-order valence-electron chi connectivity index (χ0n) is 10.0. The highest BCUT2D eigenvalue weighted by Gasteiger charge is 2.16. The molecule has 0 saturated heterocycles. The Morgan fingerprint density at radius 3 is 2.89 bits per heavy atom. The van der Waals surface area contributed by atoms with Gasteiger partial charge < -0.3 is 15.5 Å². The third-order valence-corrected chi connectivity index (χ3v) is 3.36. The lowest BCUT2D eigenvalue weighted by atomic mass is 10.2. The Morgan fingerprint density at radius 2 is 2.21 bits per heavy atom. The molecule has 19 heavy (non-hydrogen) atoms. The molecular formula is C12H11N3O3S. The summed E-state index contributed by atoms with van der Waals surface area (Å²) in [6.45, 7) is 0. The number of esters is 1. The van der Waals surface area contributed by atoms with Crippen LogP contribution in [0.1, 0.15) is 10.4 Å². The fourth-order valence-corrected chi connectivity index (χ4v) is 2.35. The molecule has 3 N–H and O–H groups in total. The topological polar surface area (TPSA) is 98.1 Å². The number of H-pyrrole nitrogens is 1. The minimum atomic E-state index is -0.493. The lowest BCUT2D eigenvalue weighted by Crippen LogP contribution is -2.08. The molecule has 0 atom stereocenters. The molecule has 0 bridgehead atoms. The number of nitrogens with one attached hydrogen (secondary N) is 1. The van der Waals surface area contributed by atoms with Gasteiger partial charge in [-0.25, -0.2) is 9.78 Å². The van der Waals surface area contributed by atoms with Gasteiger partial charge in [0.05, 0.1) is 17.6 Å². The monoisotopic (exact) mass is 277 g/mol. The molecule has 7 heteroatoms. The first-order chi connectivity index (χ1) is 9.11. The lowest BCUT2D eigenvalue weighted by Gasteiger charge is -2.09. The van der Waals surface area contributed by atoms with E-state index in [1.807, 2.05) is 0 Å². The van der Waals surface area contributed by atoms with E-state index >= 15 is 0 Å². The van der Waals surface area contributed by atoms with Crippen molar-refractivity contribution in [3.05, 3.63) is 46.4 Å². The van der Waals surface area contributed by atoms with Crippen molar-refractivity contribution in [2.24, 2.45) is 0 Å². The Bertz CT molecular complexity index is 669. The van der Waals surface area contributed by atoms with Crippen LogP contribution < -0.4 is 11.3 Å². The number of nitrogens with two attached hydrogens (primary N) is 1. The van der Waals surface area contributed by atoms with Crippen LogP contribution in [-0.4, -0.2) is 23.0 Å². The zero-order valence-corrected chi connectivity index (χ0v) is 10.9. The standard InChI is InChI=1S/C12H11N3O3S/c1-18-11(17)7-3-2-4-8(13)10(7)19-12-14-6-5-9(16)15-12/h2-6H,13H2,1H3,(H,14,15,16). The average Bonchev–Trinajstić information content (AvgIpc) is 2.40. The summed E-state index contributed by atoms with van der Waals surface area (Å²) in [4.78, 5) is 29.9. The minimum absolute atomic E-state index is 0.272. The van der Waals surface area contributed by atoms with Crippen LogP contribution in [0.4, 0.5) is 5.69 Å². The number of carbonyl (C=O) groups excluding carboxylic acids is 1. The van der Waals surface area contributed by atoms with E-state index in [1.165, 1.54) is 19.4 Å². The number of aromatic nitrogens is 2. The molecule has 98 valence electrons. The molecule has 0 aliphatic heterocycles. The fourth-order valence-electron chi connectivity index (χ4n) is 1.44. The van der Waals surface area contributed by atoms with Gasteiger partial charge in [0.1, 0.15) is 0 Å². The first kappa shape index (κ1) is 13.2. The minimum Gasteiger partial charge on any atom is -0.465 e. The molecule has 0 unspecified atom stereocenters. The number of hydrogen-bond acceptors (Lipinski definition) is 6. The molecule has 1 aromatic carbocycles. The Labute approximate surface area is 113 Å². The van der Waals surface area contributed by atoms with Crippen LogP contribution >= 0.6 is 11.8 Å². The van der Waals surface area contributed by atoms with E-state index < -0.39 is 5.97 Å². The van der Waals surface area contributed by atoms with Crippen molar-refractivity contribution in [2.75, 3.05) is 12.8 Å². The van der Waals surface area contributed by atoms with Crippen LogP contribution in [0.5, 0.6) is 0 Å². The summed E-state index contributed by atoms with van der Waals surface area (Å²) < 4.78 is 4.69. The van der Waals surface area contributed by atoms with Crippen molar-refractivity contribution >= 4 is 23.4 Å². The quantitative estimate of drug-likeness (QED) is 0.498. The Kier molecular flexibility index (Phi) is 3.86. The maximum Gasteiger partial charge on any atom is 0.339 e. The van der Waals surface area contributed by atoms with Crippen molar-refractivity contribution < 1.29 is 9.53 Å². The van der Waals surface area contributed by atoms with Crippen molar-refractivity contribution in [1.82, 2.24) is 9.97 Å². The van der Waals surface area contributed by atoms with E-state index in [0.717, 1.165) is 11.8 Å². The highest BCUT2D eigenvalue weighted by atomic mass is 32.2. The largest absolute Gasteiger partial charge is 0.465 e. The summed E-state index contributed by atoms with van der Waals surface area (Å²) in [5.74, 6) is -0.493. The Hall–Kier alpha value is -2.28. The molecule has 0 fully saturated rings. The fraction of sp³-hybridized carbons (Fsp3) is 0.0833. The van der Waals surface area contributed by atoms with Crippen molar-refractivity contribution in [1.29, 1.82) is 0 Å². The van der Waals surface area contributed by atoms with E-state index in [-0.39, 0.29) is 5.56 Å². The molecule has 2 rings (SSSR count). The SMILES string of the molecule is COC(=O)c1cccc(N)c1Sc1nccc(=O)[nH]1. The molecule has 0 spiro atoms. The normalized spacial score (nSPS) is 10.2. The molecule has 6 nitrogen and oxygen atoms in total. The van der Waals surface area contributed by atoms with Gasteiger partial charge in [0.15, 0.2) is 5.16 Å². The molecule has 1 aromatic heterocycles. The molecule has 0 radical (unpaired) electrons. The molecule has 0 amide bonds. The van der Waals surface area contributed by atoms with Gasteiger partial charge in [-0.3, -0.25) is 4.79 Å². The highest BCUT2D eigenvalue weighted by molar-refractivity contribution is 7.99. The summed E-state index contributed by atoms with van der Waals surface area (Å²) in [7, 11) is 1.29. The third-order valence-electron chi connectivity index (χ3n) is 2.30. The number of nitrogens with zero attached hydrogens (tertiary/aromatic N) is 1. The lowest BCUT2D eigenvalue weighted by molar-refractivity contribution is 0.0597. The predicted octanol–water partition coefficient (Wildman–Crippen LogP) is 1.29. The van der Waals surface area contributed by atoms with Gasteiger partial charge in [-0.2, -0.15) is 0 Å². The zero-order chi connectivity index (χ0) is 13.8. The van der Waals surface area contributed by atoms with E-state index in [0.29, 0.717) is 21.3 Å². The van der Waals surface area contributed by atoms with Crippen LogP contribution in [0.25, 0.3) is 0 Å². The predicted molar refractivity (Wildman–Crippen MR) is 71.2 cm³/mol. The van der Waals surface area contributed by atoms with Gasteiger partial charge in [0.2, 0.25) is 0 Å². The van der Waals surface area contributed by atoms with E-state index in [2.05, 4.69) is 9.97 Å². The summed E-state index contributed by atoms with van der Waals surface area (Å²) in [5, 5.41) is 0.357. The molecule has 0 saturated carbocycles. The van der Waals surface area contributed by atoms with E-state index in [9.17, 15) is 9.59 Å². The van der Waals surface area contributed by atoms with Gasteiger partial charge in [-0.15, -0.1) is 0 Å². The third kappa shape index (κ3) is 2.94. The number of nitrogen functional groups attached to an aromatic ring is 1. The molecule has 0 aliphatic rings. The Morgan fingerprint density at radius 1 is 1.42 bits per heavy atom. The number of aromatic amines is 1. The second-order valence-electron chi connectivity index (χ2n) is 3.56. The van der Waals surface area contributed by atoms with E-state index in [1.54, 1.807) is 18.2 Å².